The molecule has 2 aromatic heterocycles. The lowest BCUT2D eigenvalue weighted by molar-refractivity contribution is 0.102. The minimum Gasteiger partial charge on any atom is -0.411 e. The number of Topliss-reactive ketones (excluding diaryl/α,β-unsaturated/α-hetero) is 1. The molecule has 2 heterocycles. The average molecular weight is 369 g/mol. The number of carbonyl (C=O) groups excluding carboxylic acids is 1. The Bertz CT molecular complexity index is 956. The van der Waals surface area contributed by atoms with Crippen LogP contribution < -0.4 is 0 Å². The first-order valence-electron chi connectivity index (χ1n) is 8.64. The molecule has 6 heteroatoms. The number of carbonyl (C=O) groups is 1. The van der Waals surface area contributed by atoms with Crippen LogP contribution in [0.2, 0.25) is 0 Å². The maximum absolute atomic E-state index is 12.6. The summed E-state index contributed by atoms with van der Waals surface area (Å²) in [6.07, 6.45) is 0. The molecule has 0 saturated heterocycles. The molecule has 0 amide bonds. The van der Waals surface area contributed by atoms with E-state index < -0.39 is 0 Å². The van der Waals surface area contributed by atoms with Crippen LogP contribution in [0.4, 0.5) is 0 Å². The van der Waals surface area contributed by atoms with Crippen LogP contribution in [0, 0.1) is 27.7 Å². The van der Waals surface area contributed by atoms with Gasteiger partial charge in [0, 0.05) is 29.1 Å². The van der Waals surface area contributed by atoms with Crippen LogP contribution in [-0.4, -0.2) is 26.3 Å². The molecule has 3 rings (SSSR count). The van der Waals surface area contributed by atoms with Crippen molar-refractivity contribution >= 4 is 17.5 Å². The van der Waals surface area contributed by atoms with Crippen LogP contribution in [0.5, 0.6) is 0 Å². The summed E-state index contributed by atoms with van der Waals surface area (Å²) in [5.74, 6) is 0.837. The molecular weight excluding hydrogens is 346 g/mol. The fraction of sp³-hybridized carbons (Fsp3) is 0.350. The van der Waals surface area contributed by atoms with Gasteiger partial charge in [-0.1, -0.05) is 17.8 Å². The Morgan fingerprint density at radius 3 is 2.54 bits per heavy atom. The van der Waals surface area contributed by atoms with Crippen LogP contribution in [0.1, 0.15) is 39.8 Å². The predicted molar refractivity (Wildman–Crippen MR) is 104 cm³/mol. The zero-order chi connectivity index (χ0) is 18.8. The smallest absolute Gasteiger partial charge is 0.277 e. The van der Waals surface area contributed by atoms with Gasteiger partial charge in [0.15, 0.2) is 5.78 Å². The average Bonchev–Trinajstić information content (AvgIpc) is 3.19. The van der Waals surface area contributed by atoms with E-state index in [1.54, 1.807) is 0 Å². The summed E-state index contributed by atoms with van der Waals surface area (Å²) in [5.41, 5.74) is 6.18. The maximum atomic E-state index is 12.6. The van der Waals surface area contributed by atoms with Gasteiger partial charge in [0.25, 0.3) is 5.22 Å². The molecule has 0 bridgehead atoms. The van der Waals surface area contributed by atoms with Crippen molar-refractivity contribution in [2.45, 2.75) is 46.4 Å². The highest BCUT2D eigenvalue weighted by Crippen LogP contribution is 2.26. The van der Waals surface area contributed by atoms with E-state index in [9.17, 15) is 4.79 Å². The number of benzene rings is 1. The summed E-state index contributed by atoms with van der Waals surface area (Å²) in [6.45, 7) is 11.1. The first-order valence-corrected chi connectivity index (χ1v) is 9.63. The number of hydrogen-bond acceptors (Lipinski definition) is 5. The van der Waals surface area contributed by atoms with Crippen molar-refractivity contribution in [2.24, 2.45) is 0 Å². The van der Waals surface area contributed by atoms with Gasteiger partial charge in [-0.15, -0.1) is 10.2 Å². The summed E-state index contributed by atoms with van der Waals surface area (Å²) in [7, 11) is 0. The minimum atomic E-state index is 0.0775. The number of hydrogen-bond donors (Lipinski definition) is 0. The molecule has 136 valence electrons. The van der Waals surface area contributed by atoms with Crippen molar-refractivity contribution in [3.63, 3.8) is 0 Å². The second-order valence-corrected chi connectivity index (χ2v) is 7.34. The molecule has 0 spiro atoms. The van der Waals surface area contributed by atoms with Crippen LogP contribution in [-0.2, 0) is 6.54 Å². The van der Waals surface area contributed by atoms with Gasteiger partial charge in [0.2, 0.25) is 5.89 Å². The van der Waals surface area contributed by atoms with Crippen molar-refractivity contribution in [2.75, 3.05) is 5.75 Å². The summed E-state index contributed by atoms with van der Waals surface area (Å²) in [4.78, 5) is 12.6. The fourth-order valence-corrected chi connectivity index (χ4v) is 3.68. The van der Waals surface area contributed by atoms with Crippen molar-refractivity contribution in [3.8, 4) is 11.5 Å². The van der Waals surface area contributed by atoms with Crippen LogP contribution in [0.15, 0.2) is 33.9 Å². The number of aryl methyl sites for hydroxylation is 3. The topological polar surface area (TPSA) is 60.9 Å². The van der Waals surface area contributed by atoms with Crippen molar-refractivity contribution in [3.05, 3.63) is 52.3 Å². The van der Waals surface area contributed by atoms with Gasteiger partial charge < -0.3 is 8.98 Å². The molecule has 5 nitrogen and oxygen atoms in total. The van der Waals surface area contributed by atoms with Gasteiger partial charge in [-0.3, -0.25) is 4.79 Å². The third kappa shape index (κ3) is 3.60. The van der Waals surface area contributed by atoms with Crippen molar-refractivity contribution < 1.29 is 9.21 Å². The highest BCUT2D eigenvalue weighted by Gasteiger charge is 2.17. The van der Waals surface area contributed by atoms with Gasteiger partial charge in [0.05, 0.1) is 5.75 Å². The van der Waals surface area contributed by atoms with Gasteiger partial charge in [-0.2, -0.15) is 0 Å². The molecule has 0 aliphatic heterocycles. The van der Waals surface area contributed by atoms with Crippen molar-refractivity contribution in [1.82, 2.24) is 14.8 Å². The van der Waals surface area contributed by atoms with E-state index in [4.69, 9.17) is 4.42 Å². The molecule has 0 radical (unpaired) electrons. The molecule has 0 saturated carbocycles. The van der Waals surface area contributed by atoms with Gasteiger partial charge >= 0.3 is 0 Å². The summed E-state index contributed by atoms with van der Waals surface area (Å²) in [6, 6.07) is 7.99. The van der Waals surface area contributed by atoms with Crippen LogP contribution in [0.3, 0.4) is 0 Å². The molecule has 0 aliphatic carbocycles. The largest absolute Gasteiger partial charge is 0.411 e. The van der Waals surface area contributed by atoms with Gasteiger partial charge in [-0.05, 0) is 63.9 Å². The normalized spacial score (nSPS) is 11.1. The quantitative estimate of drug-likeness (QED) is 0.463. The highest BCUT2D eigenvalue weighted by atomic mass is 32.2. The third-order valence-corrected chi connectivity index (χ3v) is 5.50. The molecule has 0 atom stereocenters. The van der Waals surface area contributed by atoms with E-state index in [0.717, 1.165) is 29.1 Å². The zero-order valence-electron chi connectivity index (χ0n) is 15.8. The molecule has 0 aliphatic rings. The number of ketones is 1. The number of aromatic nitrogens is 3. The lowest BCUT2D eigenvalue weighted by Gasteiger charge is -2.05. The third-order valence-electron chi connectivity index (χ3n) is 4.68. The van der Waals surface area contributed by atoms with Gasteiger partial charge in [-0.25, -0.2) is 0 Å². The standard InChI is InChI=1S/C20H23N3O2S/c1-6-23-14(4)10-17(15(23)5)18(24)11-26-20-22-21-19(25-20)16-8-7-12(2)13(3)9-16/h7-10H,6,11H2,1-5H3. The maximum Gasteiger partial charge on any atom is 0.277 e. The Balaban J connectivity index is 1.70. The first kappa shape index (κ1) is 18.5. The number of nitrogens with zero attached hydrogens (tertiary/aromatic N) is 3. The van der Waals surface area contributed by atoms with E-state index in [2.05, 4.69) is 35.5 Å². The molecule has 1 aromatic carbocycles. The zero-order valence-corrected chi connectivity index (χ0v) is 16.6. The Kier molecular flexibility index (Phi) is 5.32. The lowest BCUT2D eigenvalue weighted by Crippen LogP contribution is -2.05. The second-order valence-electron chi connectivity index (χ2n) is 6.41. The summed E-state index contributed by atoms with van der Waals surface area (Å²) in [5, 5.41) is 8.58. The van der Waals surface area contributed by atoms with E-state index in [-0.39, 0.29) is 11.5 Å². The first-order chi connectivity index (χ1) is 12.4. The molecular formula is C20H23N3O2S. The summed E-state index contributed by atoms with van der Waals surface area (Å²) < 4.78 is 7.86. The fourth-order valence-electron chi connectivity index (χ4n) is 3.03. The monoisotopic (exact) mass is 369 g/mol. The molecule has 26 heavy (non-hydrogen) atoms. The molecule has 0 fully saturated rings. The highest BCUT2D eigenvalue weighted by molar-refractivity contribution is 7.99. The number of rotatable bonds is 6. The predicted octanol–water partition coefficient (Wildman–Crippen LogP) is 4.77. The van der Waals surface area contributed by atoms with E-state index in [1.807, 2.05) is 38.1 Å². The Morgan fingerprint density at radius 2 is 1.88 bits per heavy atom. The lowest BCUT2D eigenvalue weighted by atomic mass is 10.1. The molecule has 3 aromatic rings. The van der Waals surface area contributed by atoms with E-state index in [0.29, 0.717) is 11.1 Å². The Morgan fingerprint density at radius 1 is 1.12 bits per heavy atom. The van der Waals surface area contributed by atoms with E-state index >= 15 is 0 Å². The molecule has 0 N–H and O–H groups in total. The van der Waals surface area contributed by atoms with Gasteiger partial charge in [0.1, 0.15) is 0 Å². The second kappa shape index (κ2) is 7.50. The van der Waals surface area contributed by atoms with E-state index in [1.165, 1.54) is 22.9 Å². The van der Waals surface area contributed by atoms with Crippen LogP contribution in [0.25, 0.3) is 11.5 Å². The molecule has 0 unspecified atom stereocenters. The minimum absolute atomic E-state index is 0.0775. The Hall–Kier alpha value is -2.34. The van der Waals surface area contributed by atoms with Crippen LogP contribution >= 0.6 is 11.8 Å². The Labute approximate surface area is 157 Å². The van der Waals surface area contributed by atoms with Crippen molar-refractivity contribution in [1.29, 1.82) is 0 Å². The SMILES string of the molecule is CCn1c(C)cc(C(=O)CSc2nnc(-c3ccc(C)c(C)c3)o2)c1C. The number of thioether (sulfide) groups is 1. The summed E-state index contributed by atoms with van der Waals surface area (Å²) >= 11 is 1.28.